The predicted octanol–water partition coefficient (Wildman–Crippen LogP) is 2.44. The summed E-state index contributed by atoms with van der Waals surface area (Å²) in [5, 5.41) is 2.17. The van der Waals surface area contributed by atoms with Gasteiger partial charge in [-0.3, -0.25) is 4.79 Å². The molecule has 128 valence electrons. The van der Waals surface area contributed by atoms with Crippen molar-refractivity contribution < 1.29 is 22.0 Å². The highest BCUT2D eigenvalue weighted by atomic mass is 32.2. The van der Waals surface area contributed by atoms with Crippen molar-refractivity contribution in [3.8, 4) is 0 Å². The van der Waals surface area contributed by atoms with Crippen LogP contribution in [-0.2, 0) is 21.2 Å². The zero-order valence-electron chi connectivity index (χ0n) is 12.8. The SMILES string of the molecule is CCc1ccc(S(=O)(=O)NCC(=O)Nc2ccc(F)cc2F)cc1. The van der Waals surface area contributed by atoms with Crippen LogP contribution in [0.4, 0.5) is 14.5 Å². The highest BCUT2D eigenvalue weighted by molar-refractivity contribution is 7.89. The van der Waals surface area contributed by atoms with Crippen LogP contribution < -0.4 is 10.0 Å². The van der Waals surface area contributed by atoms with Gasteiger partial charge in [0.25, 0.3) is 0 Å². The Kier molecular flexibility index (Phi) is 5.63. The van der Waals surface area contributed by atoms with E-state index in [0.29, 0.717) is 6.07 Å². The van der Waals surface area contributed by atoms with Gasteiger partial charge >= 0.3 is 0 Å². The van der Waals surface area contributed by atoms with Crippen LogP contribution in [0.25, 0.3) is 0 Å². The molecule has 0 fully saturated rings. The third kappa shape index (κ3) is 4.59. The fraction of sp³-hybridized carbons (Fsp3) is 0.188. The van der Waals surface area contributed by atoms with Gasteiger partial charge in [-0.1, -0.05) is 19.1 Å². The van der Waals surface area contributed by atoms with Gasteiger partial charge in [0.2, 0.25) is 15.9 Å². The van der Waals surface area contributed by atoms with Crippen molar-refractivity contribution in [2.24, 2.45) is 0 Å². The number of sulfonamides is 1. The molecule has 0 atom stereocenters. The summed E-state index contributed by atoms with van der Waals surface area (Å²) < 4.78 is 52.5. The van der Waals surface area contributed by atoms with Gasteiger partial charge in [-0.25, -0.2) is 21.9 Å². The number of halogens is 2. The molecule has 2 aromatic carbocycles. The molecule has 0 spiro atoms. The van der Waals surface area contributed by atoms with Crippen LogP contribution in [0, 0.1) is 11.6 Å². The Bertz CT molecular complexity index is 837. The quantitative estimate of drug-likeness (QED) is 0.837. The van der Waals surface area contributed by atoms with Crippen molar-refractivity contribution in [2.45, 2.75) is 18.2 Å². The normalized spacial score (nSPS) is 11.3. The summed E-state index contributed by atoms with van der Waals surface area (Å²) in [6.07, 6.45) is 0.777. The molecule has 0 saturated carbocycles. The minimum absolute atomic E-state index is 0.0282. The van der Waals surface area contributed by atoms with Gasteiger partial charge < -0.3 is 5.32 Å². The Labute approximate surface area is 138 Å². The Morgan fingerprint density at radius 3 is 2.33 bits per heavy atom. The van der Waals surface area contributed by atoms with E-state index >= 15 is 0 Å². The van der Waals surface area contributed by atoms with E-state index in [-0.39, 0.29) is 10.6 Å². The molecule has 2 N–H and O–H groups in total. The summed E-state index contributed by atoms with van der Waals surface area (Å²) in [6.45, 7) is 1.37. The molecule has 0 saturated heterocycles. The largest absolute Gasteiger partial charge is 0.322 e. The van der Waals surface area contributed by atoms with Crippen molar-refractivity contribution >= 4 is 21.6 Å². The number of amides is 1. The van der Waals surface area contributed by atoms with Crippen LogP contribution in [0.1, 0.15) is 12.5 Å². The minimum Gasteiger partial charge on any atom is -0.322 e. The number of hydrogen-bond donors (Lipinski definition) is 2. The molecule has 0 aromatic heterocycles. The second-order valence-electron chi connectivity index (χ2n) is 4.99. The first-order chi connectivity index (χ1) is 11.3. The van der Waals surface area contributed by atoms with Crippen molar-refractivity contribution in [1.82, 2.24) is 4.72 Å². The van der Waals surface area contributed by atoms with Gasteiger partial charge in [-0.05, 0) is 36.2 Å². The zero-order chi connectivity index (χ0) is 17.7. The molecule has 0 aliphatic heterocycles. The van der Waals surface area contributed by atoms with E-state index in [2.05, 4.69) is 10.0 Å². The summed E-state index contributed by atoms with van der Waals surface area (Å²) in [6, 6.07) is 8.91. The lowest BCUT2D eigenvalue weighted by molar-refractivity contribution is -0.115. The summed E-state index contributed by atoms with van der Waals surface area (Å²) >= 11 is 0. The lowest BCUT2D eigenvalue weighted by Crippen LogP contribution is -2.33. The smallest absolute Gasteiger partial charge is 0.241 e. The highest BCUT2D eigenvalue weighted by Crippen LogP contribution is 2.15. The lowest BCUT2D eigenvalue weighted by atomic mass is 10.2. The van der Waals surface area contributed by atoms with Crippen LogP contribution in [0.5, 0.6) is 0 Å². The van der Waals surface area contributed by atoms with Crippen LogP contribution in [0.2, 0.25) is 0 Å². The Hall–Kier alpha value is -2.32. The maximum Gasteiger partial charge on any atom is 0.241 e. The molecule has 0 heterocycles. The van der Waals surface area contributed by atoms with Crippen LogP contribution in [-0.4, -0.2) is 20.9 Å². The average Bonchev–Trinajstić information content (AvgIpc) is 2.56. The molecule has 2 rings (SSSR count). The van der Waals surface area contributed by atoms with E-state index in [1.54, 1.807) is 12.1 Å². The van der Waals surface area contributed by atoms with E-state index in [1.807, 2.05) is 6.92 Å². The molecule has 0 aliphatic rings. The number of aryl methyl sites for hydroxylation is 1. The minimum atomic E-state index is -3.85. The second kappa shape index (κ2) is 7.50. The maximum atomic E-state index is 13.4. The number of rotatable bonds is 6. The number of carbonyl (C=O) groups excluding carboxylic acids is 1. The molecular weight excluding hydrogens is 338 g/mol. The van der Waals surface area contributed by atoms with E-state index in [9.17, 15) is 22.0 Å². The van der Waals surface area contributed by atoms with Gasteiger partial charge in [0.05, 0.1) is 17.1 Å². The summed E-state index contributed by atoms with van der Waals surface area (Å²) in [4.78, 5) is 11.8. The van der Waals surface area contributed by atoms with Crippen molar-refractivity contribution in [2.75, 3.05) is 11.9 Å². The monoisotopic (exact) mass is 354 g/mol. The topological polar surface area (TPSA) is 75.3 Å². The fourth-order valence-electron chi connectivity index (χ4n) is 1.93. The number of nitrogens with one attached hydrogen (secondary N) is 2. The standard InChI is InChI=1S/C16H16F2N2O3S/c1-2-11-3-6-13(7-4-11)24(22,23)19-10-16(21)20-15-8-5-12(17)9-14(15)18/h3-9,19H,2,10H2,1H3,(H,20,21). The first-order valence-electron chi connectivity index (χ1n) is 7.15. The predicted molar refractivity (Wildman–Crippen MR) is 86.0 cm³/mol. The third-order valence-electron chi connectivity index (χ3n) is 3.27. The van der Waals surface area contributed by atoms with E-state index in [4.69, 9.17) is 0 Å². The summed E-state index contributed by atoms with van der Waals surface area (Å²) in [5.41, 5.74) is 0.756. The number of anilines is 1. The molecule has 24 heavy (non-hydrogen) atoms. The van der Waals surface area contributed by atoms with E-state index in [1.165, 1.54) is 12.1 Å². The van der Waals surface area contributed by atoms with Gasteiger partial charge in [0.15, 0.2) is 0 Å². The Morgan fingerprint density at radius 2 is 1.75 bits per heavy atom. The fourth-order valence-corrected chi connectivity index (χ4v) is 2.92. The highest BCUT2D eigenvalue weighted by Gasteiger charge is 2.16. The van der Waals surface area contributed by atoms with Crippen molar-refractivity contribution in [3.63, 3.8) is 0 Å². The molecule has 5 nitrogen and oxygen atoms in total. The van der Waals surface area contributed by atoms with Gasteiger partial charge in [0, 0.05) is 6.07 Å². The molecular formula is C16H16F2N2O3S. The van der Waals surface area contributed by atoms with Gasteiger partial charge in [-0.15, -0.1) is 0 Å². The first-order valence-corrected chi connectivity index (χ1v) is 8.63. The van der Waals surface area contributed by atoms with Crippen LogP contribution in [0.3, 0.4) is 0 Å². The second-order valence-corrected chi connectivity index (χ2v) is 6.76. The first kappa shape index (κ1) is 18.0. The van der Waals surface area contributed by atoms with E-state index < -0.39 is 34.1 Å². The molecule has 0 unspecified atom stereocenters. The van der Waals surface area contributed by atoms with Crippen molar-refractivity contribution in [1.29, 1.82) is 0 Å². The third-order valence-corrected chi connectivity index (χ3v) is 4.69. The van der Waals surface area contributed by atoms with E-state index in [0.717, 1.165) is 24.1 Å². The van der Waals surface area contributed by atoms with Gasteiger partial charge in [0.1, 0.15) is 11.6 Å². The Morgan fingerprint density at radius 1 is 1.08 bits per heavy atom. The summed E-state index contributed by atoms with van der Waals surface area (Å²) in [5.74, 6) is -2.49. The summed E-state index contributed by atoms with van der Waals surface area (Å²) in [7, 11) is -3.85. The molecule has 2 aromatic rings. The molecule has 8 heteroatoms. The molecule has 0 aliphatic carbocycles. The zero-order valence-corrected chi connectivity index (χ0v) is 13.7. The number of hydrogen-bond acceptors (Lipinski definition) is 3. The van der Waals surface area contributed by atoms with Crippen LogP contribution >= 0.6 is 0 Å². The molecule has 0 radical (unpaired) electrons. The number of carbonyl (C=O) groups is 1. The lowest BCUT2D eigenvalue weighted by Gasteiger charge is -2.09. The maximum absolute atomic E-state index is 13.4. The average molecular weight is 354 g/mol. The number of benzene rings is 2. The van der Waals surface area contributed by atoms with Gasteiger partial charge in [-0.2, -0.15) is 0 Å². The molecule has 0 bridgehead atoms. The molecule has 1 amide bonds. The van der Waals surface area contributed by atoms with Crippen molar-refractivity contribution in [3.05, 3.63) is 59.7 Å². The van der Waals surface area contributed by atoms with Crippen LogP contribution in [0.15, 0.2) is 47.4 Å². The Balaban J connectivity index is 1.99.